The van der Waals surface area contributed by atoms with Crippen molar-refractivity contribution < 1.29 is 13.2 Å². The molecule has 18 heavy (non-hydrogen) atoms. The van der Waals surface area contributed by atoms with Crippen LogP contribution in [0.4, 0.5) is 19.0 Å². The standard InChI is InChI=1S/C13H13F3N2/c14-7-4-8(15)13(18-12(7)16)17-11-9-5-1-2-6(3-5)10(9)11/h4-6,9-11H,1-3H2,(H,17,18). The fraction of sp³-hybridized carbons (Fsp3) is 0.615. The topological polar surface area (TPSA) is 24.9 Å². The van der Waals surface area contributed by atoms with Gasteiger partial charge in [-0.05, 0) is 42.9 Å². The maximum atomic E-state index is 13.5. The van der Waals surface area contributed by atoms with Crippen LogP contribution in [-0.2, 0) is 0 Å². The SMILES string of the molecule is Fc1cc(F)c(NC2C3C4CCC(C4)C23)nc1F. The van der Waals surface area contributed by atoms with Crippen molar-refractivity contribution in [2.75, 3.05) is 5.32 Å². The van der Waals surface area contributed by atoms with Gasteiger partial charge in [0, 0.05) is 12.1 Å². The molecule has 3 fully saturated rings. The number of nitrogens with zero attached hydrogens (tertiary/aromatic N) is 1. The van der Waals surface area contributed by atoms with Gasteiger partial charge in [0.2, 0.25) is 0 Å². The number of hydrogen-bond donors (Lipinski definition) is 1. The normalized spacial score (nSPS) is 39.8. The van der Waals surface area contributed by atoms with Gasteiger partial charge < -0.3 is 5.32 Å². The van der Waals surface area contributed by atoms with Gasteiger partial charge in [0.1, 0.15) is 0 Å². The first kappa shape index (κ1) is 10.6. The number of hydrogen-bond acceptors (Lipinski definition) is 2. The molecule has 1 heterocycles. The van der Waals surface area contributed by atoms with Crippen LogP contribution in [0.5, 0.6) is 0 Å². The van der Waals surface area contributed by atoms with Crippen molar-refractivity contribution in [1.29, 1.82) is 0 Å². The summed E-state index contributed by atoms with van der Waals surface area (Å²) in [7, 11) is 0. The van der Waals surface area contributed by atoms with Crippen molar-refractivity contribution >= 4 is 5.82 Å². The summed E-state index contributed by atoms with van der Waals surface area (Å²) >= 11 is 0. The van der Waals surface area contributed by atoms with E-state index in [1.54, 1.807) is 0 Å². The zero-order valence-electron chi connectivity index (χ0n) is 9.67. The van der Waals surface area contributed by atoms with E-state index in [9.17, 15) is 13.2 Å². The molecule has 0 aromatic carbocycles. The highest BCUT2D eigenvalue weighted by molar-refractivity contribution is 5.41. The Morgan fingerprint density at radius 3 is 2.39 bits per heavy atom. The minimum absolute atomic E-state index is 0.146. The van der Waals surface area contributed by atoms with Gasteiger partial charge in [0.05, 0.1) is 0 Å². The van der Waals surface area contributed by atoms with Gasteiger partial charge in [-0.1, -0.05) is 0 Å². The van der Waals surface area contributed by atoms with Crippen LogP contribution in [0.1, 0.15) is 19.3 Å². The second-order valence-corrected chi connectivity index (χ2v) is 5.75. The van der Waals surface area contributed by atoms with E-state index in [1.807, 2.05) is 0 Å². The molecule has 0 amide bonds. The van der Waals surface area contributed by atoms with Gasteiger partial charge >= 0.3 is 0 Å². The quantitative estimate of drug-likeness (QED) is 0.821. The predicted molar refractivity (Wildman–Crippen MR) is 59.3 cm³/mol. The summed E-state index contributed by atoms with van der Waals surface area (Å²) in [5.74, 6) is -0.770. The Labute approximate surface area is 103 Å². The van der Waals surface area contributed by atoms with Crippen LogP contribution in [0.3, 0.4) is 0 Å². The highest BCUT2D eigenvalue weighted by Gasteiger charge is 2.65. The van der Waals surface area contributed by atoms with E-state index in [0.717, 1.165) is 11.8 Å². The van der Waals surface area contributed by atoms with Gasteiger partial charge in [-0.3, -0.25) is 0 Å². The molecule has 4 atom stereocenters. The largest absolute Gasteiger partial charge is 0.364 e. The number of anilines is 1. The first-order valence-electron chi connectivity index (χ1n) is 6.43. The third-order valence-corrected chi connectivity index (χ3v) is 4.93. The van der Waals surface area contributed by atoms with E-state index in [0.29, 0.717) is 17.9 Å². The monoisotopic (exact) mass is 254 g/mol. The third kappa shape index (κ3) is 1.33. The molecule has 0 spiro atoms. The number of halogens is 3. The third-order valence-electron chi connectivity index (χ3n) is 4.93. The van der Waals surface area contributed by atoms with Crippen molar-refractivity contribution in [1.82, 2.24) is 4.98 Å². The predicted octanol–water partition coefficient (Wildman–Crippen LogP) is 2.96. The van der Waals surface area contributed by atoms with Crippen molar-refractivity contribution in [3.8, 4) is 0 Å². The van der Waals surface area contributed by atoms with E-state index < -0.39 is 17.6 Å². The molecule has 1 aromatic rings. The van der Waals surface area contributed by atoms with Crippen molar-refractivity contribution in [2.24, 2.45) is 23.7 Å². The number of fused-ring (bicyclic) bond motifs is 5. The summed E-state index contributed by atoms with van der Waals surface area (Å²) in [5.41, 5.74) is 0. The lowest BCUT2D eigenvalue weighted by atomic mass is 10.0. The Morgan fingerprint density at radius 2 is 1.72 bits per heavy atom. The maximum absolute atomic E-state index is 13.5. The molecule has 0 saturated heterocycles. The van der Waals surface area contributed by atoms with Crippen LogP contribution < -0.4 is 5.32 Å². The van der Waals surface area contributed by atoms with Crippen LogP contribution in [-0.4, -0.2) is 11.0 Å². The van der Waals surface area contributed by atoms with Crippen LogP contribution in [0.15, 0.2) is 6.07 Å². The molecule has 3 aliphatic carbocycles. The highest BCUT2D eigenvalue weighted by Crippen LogP contribution is 2.66. The maximum Gasteiger partial charge on any atom is 0.251 e. The molecular formula is C13H13F3N2. The van der Waals surface area contributed by atoms with Crippen LogP contribution >= 0.6 is 0 Å². The average Bonchev–Trinajstić information content (AvgIpc) is 2.72. The molecule has 1 N–H and O–H groups in total. The first-order chi connectivity index (χ1) is 8.65. The van der Waals surface area contributed by atoms with Crippen molar-refractivity contribution in [3.05, 3.63) is 23.6 Å². The molecule has 2 nitrogen and oxygen atoms in total. The molecule has 1 aromatic heterocycles. The average molecular weight is 254 g/mol. The van der Waals surface area contributed by atoms with E-state index in [4.69, 9.17) is 0 Å². The van der Waals surface area contributed by atoms with Gasteiger partial charge in [0.25, 0.3) is 5.95 Å². The fourth-order valence-corrected chi connectivity index (χ4v) is 4.22. The molecule has 5 heteroatoms. The second-order valence-electron chi connectivity index (χ2n) is 5.75. The minimum Gasteiger partial charge on any atom is -0.364 e. The molecule has 0 aliphatic heterocycles. The molecular weight excluding hydrogens is 241 g/mol. The van der Waals surface area contributed by atoms with Crippen LogP contribution in [0, 0.1) is 41.3 Å². The van der Waals surface area contributed by atoms with Crippen LogP contribution in [0.2, 0.25) is 0 Å². The smallest absolute Gasteiger partial charge is 0.251 e. The fourth-order valence-electron chi connectivity index (χ4n) is 4.22. The molecule has 3 saturated carbocycles. The number of pyridine rings is 1. The van der Waals surface area contributed by atoms with Crippen LogP contribution in [0.25, 0.3) is 0 Å². The summed E-state index contributed by atoms with van der Waals surface area (Å²) in [6.07, 6.45) is 3.82. The number of nitrogens with one attached hydrogen (secondary N) is 1. The zero-order chi connectivity index (χ0) is 12.4. The summed E-state index contributed by atoms with van der Waals surface area (Å²) in [6.45, 7) is 0. The van der Waals surface area contributed by atoms with Gasteiger partial charge in [-0.2, -0.15) is 9.37 Å². The molecule has 96 valence electrons. The van der Waals surface area contributed by atoms with E-state index >= 15 is 0 Å². The Kier molecular flexibility index (Phi) is 2.01. The molecule has 4 rings (SSSR count). The lowest BCUT2D eigenvalue weighted by Gasteiger charge is -2.11. The molecule has 2 bridgehead atoms. The molecule has 3 aliphatic rings. The van der Waals surface area contributed by atoms with Gasteiger partial charge in [0.15, 0.2) is 17.5 Å². The first-order valence-corrected chi connectivity index (χ1v) is 6.43. The Bertz CT molecular complexity index is 503. The highest BCUT2D eigenvalue weighted by atomic mass is 19.2. The Morgan fingerprint density at radius 1 is 1.06 bits per heavy atom. The van der Waals surface area contributed by atoms with Crippen molar-refractivity contribution in [3.63, 3.8) is 0 Å². The summed E-state index contributed by atoms with van der Waals surface area (Å²) in [5, 5.41) is 2.96. The molecule has 4 unspecified atom stereocenters. The summed E-state index contributed by atoms with van der Waals surface area (Å²) in [4.78, 5) is 3.32. The zero-order valence-corrected chi connectivity index (χ0v) is 9.67. The van der Waals surface area contributed by atoms with E-state index in [1.165, 1.54) is 19.3 Å². The summed E-state index contributed by atoms with van der Waals surface area (Å²) < 4.78 is 39.2. The number of rotatable bonds is 2. The Hall–Kier alpha value is -1.26. The number of aromatic nitrogens is 1. The van der Waals surface area contributed by atoms with Gasteiger partial charge in [-0.25, -0.2) is 8.78 Å². The van der Waals surface area contributed by atoms with E-state index in [2.05, 4.69) is 10.3 Å². The van der Waals surface area contributed by atoms with E-state index in [-0.39, 0.29) is 11.9 Å². The Balaban J connectivity index is 1.55. The van der Waals surface area contributed by atoms with Gasteiger partial charge in [-0.15, -0.1) is 0 Å². The lowest BCUT2D eigenvalue weighted by molar-refractivity contribution is 0.456. The summed E-state index contributed by atoms with van der Waals surface area (Å²) in [6, 6.07) is 0.764. The lowest BCUT2D eigenvalue weighted by Crippen LogP contribution is -2.15. The second kappa shape index (κ2) is 3.39. The molecule has 0 radical (unpaired) electrons. The minimum atomic E-state index is -1.24. The van der Waals surface area contributed by atoms with Crippen molar-refractivity contribution in [2.45, 2.75) is 25.3 Å².